The molecule has 1 saturated heterocycles. The number of rotatable bonds is 4. The lowest BCUT2D eigenvalue weighted by atomic mass is 9.86. The van der Waals surface area contributed by atoms with Gasteiger partial charge in [-0.25, -0.2) is 0 Å². The zero-order valence-electron chi connectivity index (χ0n) is 16.3. The molecule has 0 radical (unpaired) electrons. The molecule has 4 atom stereocenters. The molecule has 4 rings (SSSR count). The summed E-state index contributed by atoms with van der Waals surface area (Å²) in [5.74, 6) is -1.23. The monoisotopic (exact) mass is 397 g/mol. The highest BCUT2D eigenvalue weighted by Gasteiger charge is 2.59. The molecule has 0 N–H and O–H groups in total. The van der Waals surface area contributed by atoms with Crippen LogP contribution in [0.4, 0.5) is 0 Å². The van der Waals surface area contributed by atoms with Crippen LogP contribution in [0.5, 0.6) is 0 Å². The molecule has 1 aliphatic heterocycles. The molecule has 0 aromatic heterocycles. The van der Waals surface area contributed by atoms with Crippen LogP contribution in [-0.2, 0) is 20.8 Å². The van der Waals surface area contributed by atoms with E-state index in [2.05, 4.69) is 0 Å². The highest BCUT2D eigenvalue weighted by molar-refractivity contribution is 6.30. The molecule has 2 fully saturated rings. The van der Waals surface area contributed by atoms with Gasteiger partial charge in [-0.15, -0.1) is 0 Å². The van der Waals surface area contributed by atoms with Crippen LogP contribution in [0.3, 0.4) is 0 Å². The maximum atomic E-state index is 13.3. The van der Waals surface area contributed by atoms with Gasteiger partial charge >= 0.3 is 0 Å². The first-order valence-corrected chi connectivity index (χ1v) is 10.2. The van der Waals surface area contributed by atoms with Gasteiger partial charge in [-0.1, -0.05) is 49.7 Å². The Kier molecular flexibility index (Phi) is 5.13. The first kappa shape index (κ1) is 19.3. The lowest BCUT2D eigenvalue weighted by Crippen LogP contribution is -2.33. The van der Waals surface area contributed by atoms with Crippen molar-refractivity contribution in [2.45, 2.75) is 44.8 Å². The van der Waals surface area contributed by atoms with Crippen molar-refractivity contribution in [3.8, 4) is 11.1 Å². The number of Topliss-reactive ketones (excluding diaryl/α,β-unsaturated/α-hetero) is 2. The summed E-state index contributed by atoms with van der Waals surface area (Å²) in [7, 11) is 1.81. The van der Waals surface area contributed by atoms with Crippen LogP contribution in [0, 0.1) is 5.92 Å². The summed E-state index contributed by atoms with van der Waals surface area (Å²) in [5.41, 5.74) is 3.84. The largest absolute Gasteiger partial charge is 0.298 e. The zero-order valence-corrected chi connectivity index (χ0v) is 17.1. The Labute approximate surface area is 170 Å². The quantitative estimate of drug-likeness (QED) is 0.715. The van der Waals surface area contributed by atoms with Crippen LogP contribution in [0.1, 0.15) is 37.3 Å². The predicted octanol–water partition coefficient (Wildman–Crippen LogP) is 4.45. The molecular weight excluding hydrogens is 374 g/mol. The average Bonchev–Trinajstić information content (AvgIpc) is 3.15. The number of benzene rings is 2. The zero-order chi connectivity index (χ0) is 20.0. The van der Waals surface area contributed by atoms with E-state index in [1.54, 1.807) is 12.1 Å². The van der Waals surface area contributed by atoms with E-state index in [4.69, 9.17) is 16.4 Å². The van der Waals surface area contributed by atoms with Crippen molar-refractivity contribution < 1.29 is 14.4 Å². The minimum atomic E-state index is -0.736. The fourth-order valence-electron chi connectivity index (χ4n) is 4.64. The molecular formula is C23H24ClNO3. The third-order valence-corrected chi connectivity index (χ3v) is 6.35. The van der Waals surface area contributed by atoms with Crippen molar-refractivity contribution in [2.75, 3.05) is 7.05 Å². The molecule has 2 aliphatic rings. The Bertz CT molecular complexity index is 924. The summed E-state index contributed by atoms with van der Waals surface area (Å²) >= 11 is 6.01. The molecule has 4 unspecified atom stereocenters. The fourth-order valence-corrected chi connectivity index (χ4v) is 4.77. The summed E-state index contributed by atoms with van der Waals surface area (Å²) in [4.78, 5) is 32.3. The topological polar surface area (TPSA) is 46.6 Å². The number of hydroxylamine groups is 2. The van der Waals surface area contributed by atoms with Crippen molar-refractivity contribution in [1.82, 2.24) is 5.06 Å². The number of carbonyl (C=O) groups is 2. The molecule has 0 amide bonds. The Morgan fingerprint density at radius 2 is 1.68 bits per heavy atom. The maximum absolute atomic E-state index is 13.3. The molecule has 28 heavy (non-hydrogen) atoms. The molecule has 2 aromatic carbocycles. The van der Waals surface area contributed by atoms with Crippen molar-refractivity contribution in [3.05, 3.63) is 58.6 Å². The van der Waals surface area contributed by atoms with E-state index in [0.29, 0.717) is 5.02 Å². The van der Waals surface area contributed by atoms with Gasteiger partial charge in [-0.05, 0) is 53.3 Å². The first-order valence-electron chi connectivity index (χ1n) is 9.82. The van der Waals surface area contributed by atoms with E-state index >= 15 is 0 Å². The van der Waals surface area contributed by atoms with E-state index < -0.39 is 12.0 Å². The Balaban J connectivity index is 1.76. The van der Waals surface area contributed by atoms with Gasteiger partial charge < -0.3 is 0 Å². The van der Waals surface area contributed by atoms with Gasteiger partial charge in [0.1, 0.15) is 12.0 Å². The van der Waals surface area contributed by atoms with Crippen LogP contribution in [0.2, 0.25) is 5.02 Å². The number of aryl methyl sites for hydroxylation is 1. The number of nitrogens with zero attached hydrogens (tertiary/aromatic N) is 1. The second kappa shape index (κ2) is 7.43. The molecule has 1 heterocycles. The minimum Gasteiger partial charge on any atom is -0.298 e. The summed E-state index contributed by atoms with van der Waals surface area (Å²) in [6.45, 7) is 4.07. The van der Waals surface area contributed by atoms with E-state index in [-0.39, 0.29) is 23.5 Å². The molecule has 5 heteroatoms. The van der Waals surface area contributed by atoms with Crippen LogP contribution < -0.4 is 0 Å². The predicted molar refractivity (Wildman–Crippen MR) is 109 cm³/mol. The molecule has 1 aliphatic carbocycles. The van der Waals surface area contributed by atoms with Gasteiger partial charge in [0.2, 0.25) is 0 Å². The van der Waals surface area contributed by atoms with Gasteiger partial charge in [0.15, 0.2) is 11.6 Å². The molecule has 0 spiro atoms. The molecule has 2 aromatic rings. The average molecular weight is 398 g/mol. The molecule has 1 saturated carbocycles. The summed E-state index contributed by atoms with van der Waals surface area (Å²) in [6, 6.07) is 13.6. The lowest BCUT2D eigenvalue weighted by molar-refractivity contribution is -0.161. The van der Waals surface area contributed by atoms with E-state index in [0.717, 1.165) is 35.1 Å². The molecule has 0 bridgehead atoms. The van der Waals surface area contributed by atoms with Crippen molar-refractivity contribution in [3.63, 3.8) is 0 Å². The highest BCUT2D eigenvalue weighted by Crippen LogP contribution is 2.44. The van der Waals surface area contributed by atoms with Gasteiger partial charge in [0.05, 0.1) is 5.92 Å². The number of hydrogen-bond donors (Lipinski definition) is 0. The van der Waals surface area contributed by atoms with Crippen LogP contribution >= 0.6 is 11.6 Å². The number of carbonyl (C=O) groups excluding carboxylic acids is 2. The van der Waals surface area contributed by atoms with Crippen LogP contribution in [-0.4, -0.2) is 35.8 Å². The second-order valence-electron chi connectivity index (χ2n) is 7.59. The Morgan fingerprint density at radius 1 is 1.00 bits per heavy atom. The Hall–Kier alpha value is -2.01. The third-order valence-electron chi connectivity index (χ3n) is 6.10. The maximum Gasteiger partial charge on any atom is 0.179 e. The van der Waals surface area contributed by atoms with Crippen molar-refractivity contribution in [2.24, 2.45) is 5.92 Å². The first-order chi connectivity index (χ1) is 13.5. The SMILES string of the molecule is CCc1ccc(-c2ccc(Cl)cc2)cc1C1C(=O)C2ON(C)C(CC)C2C1=O. The van der Waals surface area contributed by atoms with Crippen molar-refractivity contribution >= 4 is 23.2 Å². The van der Waals surface area contributed by atoms with Crippen LogP contribution in [0.25, 0.3) is 11.1 Å². The highest BCUT2D eigenvalue weighted by atomic mass is 35.5. The summed E-state index contributed by atoms with van der Waals surface area (Å²) < 4.78 is 0. The second-order valence-corrected chi connectivity index (χ2v) is 8.02. The van der Waals surface area contributed by atoms with Gasteiger partial charge in [0.25, 0.3) is 0 Å². The minimum absolute atomic E-state index is 0.00541. The van der Waals surface area contributed by atoms with Gasteiger partial charge in [-0.3, -0.25) is 14.4 Å². The third kappa shape index (κ3) is 3.00. The number of halogens is 1. The number of ketones is 2. The lowest BCUT2D eigenvalue weighted by Gasteiger charge is -2.22. The Morgan fingerprint density at radius 3 is 2.32 bits per heavy atom. The molecule has 4 nitrogen and oxygen atoms in total. The normalized spacial score (nSPS) is 27.4. The summed E-state index contributed by atoms with van der Waals surface area (Å²) in [6.07, 6.45) is 0.881. The molecule has 146 valence electrons. The van der Waals surface area contributed by atoms with E-state index in [1.165, 1.54) is 0 Å². The van der Waals surface area contributed by atoms with E-state index in [1.807, 2.05) is 56.3 Å². The fraction of sp³-hybridized carbons (Fsp3) is 0.391. The van der Waals surface area contributed by atoms with E-state index in [9.17, 15) is 9.59 Å². The standard InChI is InChI=1S/C23H24ClNO3/c1-4-13-6-7-15(14-8-10-16(24)11-9-14)12-17(13)19-21(26)20-18(5-2)25(3)28-23(20)22(19)27/h6-12,18-20,23H,4-5H2,1-3H3. The smallest absolute Gasteiger partial charge is 0.179 e. The van der Waals surface area contributed by atoms with Crippen LogP contribution in [0.15, 0.2) is 42.5 Å². The van der Waals surface area contributed by atoms with Crippen molar-refractivity contribution in [1.29, 1.82) is 0 Å². The van der Waals surface area contributed by atoms with Gasteiger partial charge in [-0.2, -0.15) is 5.06 Å². The summed E-state index contributed by atoms with van der Waals surface area (Å²) in [5, 5.41) is 2.36. The number of hydrogen-bond acceptors (Lipinski definition) is 4. The number of fused-ring (bicyclic) bond motifs is 1. The van der Waals surface area contributed by atoms with Gasteiger partial charge in [0, 0.05) is 18.1 Å².